The Morgan fingerprint density at radius 3 is 2.05 bits per heavy atom. The van der Waals surface area contributed by atoms with Crippen molar-refractivity contribution in [3.05, 3.63) is 0 Å². The van der Waals surface area contributed by atoms with Crippen LogP contribution in [0.15, 0.2) is 0 Å². The minimum atomic E-state index is -3.58. The van der Waals surface area contributed by atoms with Gasteiger partial charge in [0.2, 0.25) is 15.9 Å². The van der Waals surface area contributed by atoms with Gasteiger partial charge in [0.15, 0.2) is 0 Å². The van der Waals surface area contributed by atoms with E-state index in [0.29, 0.717) is 6.42 Å². The Balaban J connectivity index is 5.10. The molecule has 118 valence electrons. The molecule has 0 radical (unpaired) electrons. The Morgan fingerprint density at radius 2 is 1.75 bits per heavy atom. The van der Waals surface area contributed by atoms with E-state index in [1.54, 1.807) is 27.7 Å². The molecule has 0 saturated heterocycles. The van der Waals surface area contributed by atoms with E-state index >= 15 is 0 Å². The highest BCUT2D eigenvalue weighted by Crippen LogP contribution is 2.20. The monoisotopic (exact) mass is 308 g/mol. The van der Waals surface area contributed by atoms with E-state index in [4.69, 9.17) is 5.11 Å². The molecule has 1 amide bonds. The van der Waals surface area contributed by atoms with Gasteiger partial charge in [0.25, 0.3) is 0 Å². The predicted molar refractivity (Wildman–Crippen MR) is 75.7 cm³/mol. The lowest BCUT2D eigenvalue weighted by molar-refractivity contribution is -0.142. The molecular weight excluding hydrogens is 284 g/mol. The standard InChI is InChI=1S/C12H24N2O5S/c1-6-7-8(11(16)17)13-10(15)9(12(2,3)4)14-20(5,18)19/h8-9,14H,6-7H2,1-5H3,(H,13,15)(H,16,17). The lowest BCUT2D eigenvalue weighted by Gasteiger charge is -2.30. The van der Waals surface area contributed by atoms with E-state index in [9.17, 15) is 18.0 Å². The average Bonchev–Trinajstić information content (AvgIpc) is 2.22. The molecule has 0 aliphatic heterocycles. The summed E-state index contributed by atoms with van der Waals surface area (Å²) in [6, 6.07) is -2.05. The van der Waals surface area contributed by atoms with Gasteiger partial charge in [0, 0.05) is 0 Å². The zero-order valence-corrected chi connectivity index (χ0v) is 13.4. The number of hydrogen-bond donors (Lipinski definition) is 3. The number of rotatable bonds is 7. The molecule has 2 unspecified atom stereocenters. The van der Waals surface area contributed by atoms with Gasteiger partial charge in [-0.05, 0) is 11.8 Å². The molecule has 7 nitrogen and oxygen atoms in total. The fourth-order valence-corrected chi connectivity index (χ4v) is 2.53. The van der Waals surface area contributed by atoms with Crippen molar-refractivity contribution in [3.63, 3.8) is 0 Å². The molecule has 3 N–H and O–H groups in total. The second-order valence-electron chi connectivity index (χ2n) is 5.88. The Hall–Kier alpha value is -1.15. The van der Waals surface area contributed by atoms with Crippen molar-refractivity contribution in [1.82, 2.24) is 10.0 Å². The number of carbonyl (C=O) groups is 2. The van der Waals surface area contributed by atoms with Gasteiger partial charge in [-0.25, -0.2) is 17.9 Å². The van der Waals surface area contributed by atoms with Crippen LogP contribution in [-0.2, 0) is 19.6 Å². The van der Waals surface area contributed by atoms with Crippen LogP contribution in [0.5, 0.6) is 0 Å². The van der Waals surface area contributed by atoms with Gasteiger partial charge in [-0.1, -0.05) is 34.1 Å². The third-order valence-corrected chi connectivity index (χ3v) is 3.32. The van der Waals surface area contributed by atoms with Crippen LogP contribution < -0.4 is 10.0 Å². The maximum Gasteiger partial charge on any atom is 0.326 e. The molecule has 0 spiro atoms. The van der Waals surface area contributed by atoms with Gasteiger partial charge >= 0.3 is 5.97 Å². The van der Waals surface area contributed by atoms with Crippen molar-refractivity contribution in [2.24, 2.45) is 5.41 Å². The summed E-state index contributed by atoms with van der Waals surface area (Å²) in [7, 11) is -3.58. The smallest absolute Gasteiger partial charge is 0.326 e. The maximum absolute atomic E-state index is 12.2. The van der Waals surface area contributed by atoms with E-state index in [-0.39, 0.29) is 6.42 Å². The Morgan fingerprint density at radius 1 is 1.25 bits per heavy atom. The van der Waals surface area contributed by atoms with E-state index in [1.807, 2.05) is 0 Å². The molecule has 20 heavy (non-hydrogen) atoms. The van der Waals surface area contributed by atoms with Crippen LogP contribution >= 0.6 is 0 Å². The van der Waals surface area contributed by atoms with Gasteiger partial charge in [-0.15, -0.1) is 0 Å². The Bertz CT molecular complexity index is 453. The Kier molecular flexibility index (Phi) is 6.63. The lowest BCUT2D eigenvalue weighted by Crippen LogP contribution is -2.56. The molecule has 0 aromatic heterocycles. The molecule has 0 fully saturated rings. The molecule has 0 rings (SSSR count). The largest absolute Gasteiger partial charge is 0.480 e. The van der Waals surface area contributed by atoms with Crippen LogP contribution in [0.25, 0.3) is 0 Å². The zero-order valence-electron chi connectivity index (χ0n) is 12.6. The van der Waals surface area contributed by atoms with Gasteiger partial charge in [-0.3, -0.25) is 4.79 Å². The van der Waals surface area contributed by atoms with Crippen molar-refractivity contribution in [1.29, 1.82) is 0 Å². The summed E-state index contributed by atoms with van der Waals surface area (Å²) in [5.74, 6) is -1.77. The SMILES string of the molecule is CCCC(NC(=O)C(NS(C)(=O)=O)C(C)(C)C)C(=O)O. The summed E-state index contributed by atoms with van der Waals surface area (Å²) in [5.41, 5.74) is -0.678. The molecule has 0 aliphatic carbocycles. The van der Waals surface area contributed by atoms with Crippen molar-refractivity contribution in [2.45, 2.75) is 52.6 Å². The Labute approximate surface area is 120 Å². The topological polar surface area (TPSA) is 113 Å². The number of nitrogens with one attached hydrogen (secondary N) is 2. The third kappa shape index (κ3) is 6.85. The van der Waals surface area contributed by atoms with E-state index in [2.05, 4.69) is 10.0 Å². The molecule has 0 bridgehead atoms. The average molecular weight is 308 g/mol. The molecule has 8 heteroatoms. The first-order chi connectivity index (χ1) is 8.88. The number of carbonyl (C=O) groups excluding carboxylic acids is 1. The fraction of sp³-hybridized carbons (Fsp3) is 0.833. The van der Waals surface area contributed by atoms with Gasteiger partial charge < -0.3 is 10.4 Å². The van der Waals surface area contributed by atoms with Crippen molar-refractivity contribution in [2.75, 3.05) is 6.26 Å². The normalized spacial score (nSPS) is 15.4. The van der Waals surface area contributed by atoms with Crippen LogP contribution in [0.2, 0.25) is 0 Å². The fourth-order valence-electron chi connectivity index (χ4n) is 1.64. The molecule has 0 saturated carbocycles. The second kappa shape index (κ2) is 7.03. The molecule has 0 aliphatic rings. The minimum Gasteiger partial charge on any atom is -0.480 e. The van der Waals surface area contributed by atoms with Crippen LogP contribution in [0.4, 0.5) is 0 Å². The molecule has 2 atom stereocenters. The lowest BCUT2D eigenvalue weighted by atomic mass is 9.86. The number of sulfonamides is 1. The minimum absolute atomic E-state index is 0.289. The number of carboxylic acids is 1. The van der Waals surface area contributed by atoms with Gasteiger partial charge in [0.1, 0.15) is 12.1 Å². The summed E-state index contributed by atoms with van der Waals surface area (Å²) < 4.78 is 24.9. The number of carboxylic acid groups (broad SMARTS) is 1. The first-order valence-corrected chi connectivity index (χ1v) is 8.28. The summed E-state index contributed by atoms with van der Waals surface area (Å²) in [4.78, 5) is 23.2. The van der Waals surface area contributed by atoms with E-state index in [0.717, 1.165) is 6.26 Å². The number of amides is 1. The predicted octanol–water partition coefficient (Wildman–Crippen LogP) is 0.320. The van der Waals surface area contributed by atoms with E-state index in [1.165, 1.54) is 0 Å². The molecule has 0 aromatic rings. The highest BCUT2D eigenvalue weighted by molar-refractivity contribution is 7.88. The van der Waals surface area contributed by atoms with Crippen LogP contribution in [0.3, 0.4) is 0 Å². The maximum atomic E-state index is 12.2. The first kappa shape index (κ1) is 18.9. The molecular formula is C12H24N2O5S. The number of hydrogen-bond acceptors (Lipinski definition) is 4. The second-order valence-corrected chi connectivity index (χ2v) is 7.66. The highest BCUT2D eigenvalue weighted by atomic mass is 32.2. The molecule has 0 aromatic carbocycles. The summed E-state index contributed by atoms with van der Waals surface area (Å²) in [6.07, 6.45) is 1.84. The highest BCUT2D eigenvalue weighted by Gasteiger charge is 2.35. The summed E-state index contributed by atoms with van der Waals surface area (Å²) in [5, 5.41) is 11.4. The first-order valence-electron chi connectivity index (χ1n) is 6.39. The van der Waals surface area contributed by atoms with Crippen LogP contribution in [0, 0.1) is 5.41 Å². The van der Waals surface area contributed by atoms with Gasteiger partial charge in [0.05, 0.1) is 6.26 Å². The van der Waals surface area contributed by atoms with Crippen molar-refractivity contribution in [3.8, 4) is 0 Å². The van der Waals surface area contributed by atoms with E-state index < -0.39 is 39.4 Å². The third-order valence-electron chi connectivity index (χ3n) is 2.65. The van der Waals surface area contributed by atoms with Crippen molar-refractivity contribution < 1.29 is 23.1 Å². The number of aliphatic carboxylic acids is 1. The molecule has 0 heterocycles. The van der Waals surface area contributed by atoms with Crippen LogP contribution in [0.1, 0.15) is 40.5 Å². The van der Waals surface area contributed by atoms with Crippen LogP contribution in [-0.4, -0.2) is 43.7 Å². The summed E-state index contributed by atoms with van der Waals surface area (Å²) in [6.45, 7) is 6.90. The van der Waals surface area contributed by atoms with Crippen molar-refractivity contribution >= 4 is 21.9 Å². The quantitative estimate of drug-likeness (QED) is 0.627. The van der Waals surface area contributed by atoms with Gasteiger partial charge in [-0.2, -0.15) is 0 Å². The zero-order chi connectivity index (χ0) is 16.1. The summed E-state index contributed by atoms with van der Waals surface area (Å²) >= 11 is 0.